The molecule has 0 bridgehead atoms. The van der Waals surface area contributed by atoms with E-state index in [1.807, 2.05) is 30.3 Å². The largest absolute Gasteiger partial charge is 0.505 e. The van der Waals surface area contributed by atoms with E-state index in [9.17, 15) is 9.90 Å². The molecule has 0 aliphatic heterocycles. The fourth-order valence-electron chi connectivity index (χ4n) is 2.25. The lowest BCUT2D eigenvalue weighted by Gasteiger charge is -2.07. The number of aromatic carboxylic acids is 1. The van der Waals surface area contributed by atoms with Crippen LogP contribution in [0.5, 0.6) is 5.75 Å². The Bertz CT molecular complexity index is 896. The molecule has 0 saturated heterocycles. The Balaban J connectivity index is 1.74. The van der Waals surface area contributed by atoms with Crippen molar-refractivity contribution < 1.29 is 19.7 Å². The van der Waals surface area contributed by atoms with Crippen LogP contribution in [0.3, 0.4) is 0 Å². The number of carbonyl (C=O) groups is 1. The highest BCUT2D eigenvalue weighted by atomic mass is 35.5. The van der Waals surface area contributed by atoms with E-state index < -0.39 is 11.7 Å². The summed E-state index contributed by atoms with van der Waals surface area (Å²) in [7, 11) is 0. The third-order valence-electron chi connectivity index (χ3n) is 3.43. The number of ether oxygens (including phenoxy) is 1. The highest BCUT2D eigenvalue weighted by molar-refractivity contribution is 6.31. The van der Waals surface area contributed by atoms with E-state index in [1.54, 1.807) is 6.20 Å². The standard InChI is InChI=1S/C17H14ClN3O4/c18-12-6-14(17(23)24)16(22)15(7-12)21-8-13(19-20-21)10-25-9-11-4-2-1-3-5-11/h1-8,22H,9-10H2,(H,23,24). The minimum Gasteiger partial charge on any atom is -0.505 e. The number of phenols is 1. The number of hydrogen-bond acceptors (Lipinski definition) is 5. The maximum Gasteiger partial charge on any atom is 0.339 e. The van der Waals surface area contributed by atoms with Crippen molar-refractivity contribution in [1.29, 1.82) is 0 Å². The molecule has 3 aromatic rings. The molecule has 0 aliphatic rings. The minimum atomic E-state index is -1.28. The molecule has 0 fully saturated rings. The molecule has 25 heavy (non-hydrogen) atoms. The third kappa shape index (κ3) is 3.96. The minimum absolute atomic E-state index is 0.131. The first-order valence-electron chi connectivity index (χ1n) is 7.33. The Kier molecular flexibility index (Phi) is 4.97. The van der Waals surface area contributed by atoms with Crippen LogP contribution in [0.2, 0.25) is 5.02 Å². The first-order valence-corrected chi connectivity index (χ1v) is 7.71. The zero-order valence-corrected chi connectivity index (χ0v) is 13.7. The molecule has 0 radical (unpaired) electrons. The summed E-state index contributed by atoms with van der Waals surface area (Å²) in [6.07, 6.45) is 1.54. The Morgan fingerprint density at radius 2 is 1.96 bits per heavy atom. The molecule has 2 N–H and O–H groups in total. The SMILES string of the molecule is O=C(O)c1cc(Cl)cc(-n2cc(COCc3ccccc3)nn2)c1O. The van der Waals surface area contributed by atoms with Crippen molar-refractivity contribution in [2.75, 3.05) is 0 Å². The number of rotatable bonds is 6. The lowest BCUT2D eigenvalue weighted by molar-refractivity contribution is 0.0693. The summed E-state index contributed by atoms with van der Waals surface area (Å²) in [5.41, 5.74) is 1.40. The lowest BCUT2D eigenvalue weighted by Crippen LogP contribution is -2.02. The number of carboxylic acid groups (broad SMARTS) is 1. The van der Waals surface area contributed by atoms with Crippen LogP contribution in [0.4, 0.5) is 0 Å². The van der Waals surface area contributed by atoms with Gasteiger partial charge in [0.25, 0.3) is 0 Å². The van der Waals surface area contributed by atoms with Crippen LogP contribution in [0.25, 0.3) is 5.69 Å². The molecule has 0 aliphatic carbocycles. The van der Waals surface area contributed by atoms with Gasteiger partial charge in [0, 0.05) is 5.02 Å². The summed E-state index contributed by atoms with van der Waals surface area (Å²) in [4.78, 5) is 11.2. The Hall–Kier alpha value is -2.90. The second-order valence-corrected chi connectivity index (χ2v) is 5.70. The van der Waals surface area contributed by atoms with Crippen LogP contribution >= 0.6 is 11.6 Å². The normalized spacial score (nSPS) is 10.8. The predicted molar refractivity (Wildman–Crippen MR) is 89.9 cm³/mol. The van der Waals surface area contributed by atoms with Gasteiger partial charge in [0.15, 0.2) is 5.75 Å². The zero-order valence-electron chi connectivity index (χ0n) is 13.0. The molecular weight excluding hydrogens is 346 g/mol. The van der Waals surface area contributed by atoms with Crippen molar-refractivity contribution in [3.63, 3.8) is 0 Å². The van der Waals surface area contributed by atoms with Gasteiger partial charge in [-0.15, -0.1) is 5.10 Å². The molecule has 2 aromatic carbocycles. The third-order valence-corrected chi connectivity index (χ3v) is 3.65. The Labute approximate surface area is 148 Å². The van der Waals surface area contributed by atoms with Gasteiger partial charge in [-0.3, -0.25) is 0 Å². The molecular formula is C17H14ClN3O4. The Morgan fingerprint density at radius 3 is 2.68 bits per heavy atom. The maximum absolute atomic E-state index is 11.2. The topological polar surface area (TPSA) is 97.5 Å². The van der Waals surface area contributed by atoms with Crippen LogP contribution in [-0.4, -0.2) is 31.2 Å². The molecule has 7 nitrogen and oxygen atoms in total. The maximum atomic E-state index is 11.2. The van der Waals surface area contributed by atoms with E-state index in [0.717, 1.165) is 5.56 Å². The van der Waals surface area contributed by atoms with E-state index in [0.29, 0.717) is 12.3 Å². The Morgan fingerprint density at radius 1 is 1.20 bits per heavy atom. The average Bonchev–Trinajstić information content (AvgIpc) is 3.06. The quantitative estimate of drug-likeness (QED) is 0.702. The molecule has 0 unspecified atom stereocenters. The van der Waals surface area contributed by atoms with Gasteiger partial charge in [0.2, 0.25) is 0 Å². The summed E-state index contributed by atoms with van der Waals surface area (Å²) >= 11 is 5.91. The van der Waals surface area contributed by atoms with Crippen LogP contribution in [0.1, 0.15) is 21.6 Å². The highest BCUT2D eigenvalue weighted by Crippen LogP contribution is 2.29. The monoisotopic (exact) mass is 359 g/mol. The summed E-state index contributed by atoms with van der Waals surface area (Å²) in [5.74, 6) is -1.72. The van der Waals surface area contributed by atoms with E-state index in [2.05, 4.69) is 10.3 Å². The van der Waals surface area contributed by atoms with Gasteiger partial charge in [-0.25, -0.2) is 9.48 Å². The number of nitrogens with zero attached hydrogens (tertiary/aromatic N) is 3. The zero-order chi connectivity index (χ0) is 17.8. The van der Waals surface area contributed by atoms with Crippen molar-refractivity contribution in [2.24, 2.45) is 0 Å². The van der Waals surface area contributed by atoms with E-state index in [-0.39, 0.29) is 22.9 Å². The summed E-state index contributed by atoms with van der Waals surface area (Å²) in [5, 5.41) is 27.2. The number of aromatic nitrogens is 3. The van der Waals surface area contributed by atoms with Crippen LogP contribution in [0, 0.1) is 0 Å². The molecule has 128 valence electrons. The van der Waals surface area contributed by atoms with Gasteiger partial charge >= 0.3 is 5.97 Å². The smallest absolute Gasteiger partial charge is 0.339 e. The van der Waals surface area contributed by atoms with Gasteiger partial charge < -0.3 is 14.9 Å². The summed E-state index contributed by atoms with van der Waals surface area (Å²) in [6.45, 7) is 0.654. The number of hydrogen-bond donors (Lipinski definition) is 2. The fraction of sp³-hybridized carbons (Fsp3) is 0.118. The van der Waals surface area contributed by atoms with Crippen molar-refractivity contribution in [3.05, 3.63) is 70.5 Å². The van der Waals surface area contributed by atoms with Crippen LogP contribution in [-0.2, 0) is 18.0 Å². The first-order chi connectivity index (χ1) is 12.0. The second-order valence-electron chi connectivity index (χ2n) is 5.26. The van der Waals surface area contributed by atoms with Crippen LogP contribution < -0.4 is 0 Å². The van der Waals surface area contributed by atoms with Gasteiger partial charge in [-0.1, -0.05) is 47.1 Å². The van der Waals surface area contributed by atoms with Gasteiger partial charge in [-0.05, 0) is 17.7 Å². The number of carboxylic acids is 1. The lowest BCUT2D eigenvalue weighted by atomic mass is 10.1. The van der Waals surface area contributed by atoms with E-state index in [1.165, 1.54) is 16.8 Å². The number of aromatic hydroxyl groups is 1. The molecule has 3 rings (SSSR count). The number of benzene rings is 2. The van der Waals surface area contributed by atoms with Gasteiger partial charge in [0.05, 0.1) is 19.4 Å². The molecule has 8 heteroatoms. The number of halogens is 1. The van der Waals surface area contributed by atoms with Crippen molar-refractivity contribution in [2.45, 2.75) is 13.2 Å². The predicted octanol–water partition coefficient (Wildman–Crippen LogP) is 3.04. The molecule has 1 aromatic heterocycles. The fourth-order valence-corrected chi connectivity index (χ4v) is 2.46. The van der Waals surface area contributed by atoms with Crippen LogP contribution in [0.15, 0.2) is 48.7 Å². The van der Waals surface area contributed by atoms with E-state index >= 15 is 0 Å². The average molecular weight is 360 g/mol. The highest BCUT2D eigenvalue weighted by Gasteiger charge is 2.17. The van der Waals surface area contributed by atoms with Gasteiger partial charge in [-0.2, -0.15) is 0 Å². The van der Waals surface area contributed by atoms with Crippen molar-refractivity contribution in [3.8, 4) is 11.4 Å². The molecule has 0 spiro atoms. The molecule has 0 saturated carbocycles. The van der Waals surface area contributed by atoms with Gasteiger partial charge in [0.1, 0.15) is 16.9 Å². The first kappa shape index (κ1) is 16.9. The molecule has 1 heterocycles. The second kappa shape index (κ2) is 7.33. The molecule has 0 amide bonds. The molecule has 0 atom stereocenters. The van der Waals surface area contributed by atoms with Crippen molar-refractivity contribution >= 4 is 17.6 Å². The van der Waals surface area contributed by atoms with E-state index in [4.69, 9.17) is 21.4 Å². The summed E-state index contributed by atoms with van der Waals surface area (Å²) in [6, 6.07) is 12.3. The van der Waals surface area contributed by atoms with Crippen molar-refractivity contribution in [1.82, 2.24) is 15.0 Å². The summed E-state index contributed by atoms with van der Waals surface area (Å²) < 4.78 is 6.83.